The zero-order chi connectivity index (χ0) is 18.8. The summed E-state index contributed by atoms with van der Waals surface area (Å²) < 4.78 is 0. The van der Waals surface area contributed by atoms with E-state index in [4.69, 9.17) is 0 Å². The van der Waals surface area contributed by atoms with Gasteiger partial charge in [0, 0.05) is 17.1 Å². The molecule has 2 heterocycles. The van der Waals surface area contributed by atoms with E-state index < -0.39 is 5.91 Å². The molecule has 0 saturated heterocycles. The van der Waals surface area contributed by atoms with Crippen molar-refractivity contribution in [2.75, 3.05) is 0 Å². The number of amides is 2. The monoisotopic (exact) mass is 357 g/mol. The molecule has 0 atom stereocenters. The molecule has 7 nitrogen and oxygen atoms in total. The van der Waals surface area contributed by atoms with Crippen LogP contribution in [0.5, 0.6) is 0 Å². The summed E-state index contributed by atoms with van der Waals surface area (Å²) in [6, 6.07) is 11.5. The second-order valence-electron chi connectivity index (χ2n) is 6.31. The molecular formula is C20H15N5O2. The van der Waals surface area contributed by atoms with Crippen molar-refractivity contribution in [3.8, 4) is 17.3 Å². The first-order chi connectivity index (χ1) is 13.2. The van der Waals surface area contributed by atoms with Crippen LogP contribution in [-0.4, -0.2) is 27.3 Å². The van der Waals surface area contributed by atoms with Gasteiger partial charge in [0.25, 0.3) is 5.91 Å². The fourth-order valence-corrected chi connectivity index (χ4v) is 3.25. The Hall–Kier alpha value is -3.79. The van der Waals surface area contributed by atoms with Crippen LogP contribution in [0.4, 0.5) is 0 Å². The van der Waals surface area contributed by atoms with Crippen LogP contribution in [0.25, 0.3) is 27.9 Å². The normalized spacial score (nSPS) is 14.3. The van der Waals surface area contributed by atoms with E-state index in [1.807, 2.05) is 36.4 Å². The summed E-state index contributed by atoms with van der Waals surface area (Å²) in [5.41, 5.74) is 3.83. The number of rotatable bonds is 5. The standard InChI is InChI=1S/C20H15N5O2/c21-9-16(20(27)25-11-26)17(12-4-5-12)13-2-1-3-14(8-13)18-15-6-7-22-19(15)24-10-23-18/h1-3,6-8,10-12H,4-5H2,(H,22,23,24)(H,25,26,27)/b17-16+. The van der Waals surface area contributed by atoms with Crippen molar-refractivity contribution in [1.82, 2.24) is 20.3 Å². The van der Waals surface area contributed by atoms with Gasteiger partial charge in [0.1, 0.15) is 23.6 Å². The highest BCUT2D eigenvalue weighted by molar-refractivity contribution is 6.09. The lowest BCUT2D eigenvalue weighted by Crippen LogP contribution is -2.23. The third-order valence-electron chi connectivity index (χ3n) is 4.58. The number of hydrogen-bond donors (Lipinski definition) is 2. The summed E-state index contributed by atoms with van der Waals surface area (Å²) in [7, 11) is 0. The van der Waals surface area contributed by atoms with E-state index in [2.05, 4.69) is 20.3 Å². The van der Waals surface area contributed by atoms with Crippen molar-refractivity contribution in [2.24, 2.45) is 5.92 Å². The molecule has 0 spiro atoms. The highest BCUT2D eigenvalue weighted by Crippen LogP contribution is 2.44. The van der Waals surface area contributed by atoms with Gasteiger partial charge in [0.05, 0.1) is 5.69 Å². The van der Waals surface area contributed by atoms with Crippen molar-refractivity contribution in [2.45, 2.75) is 12.8 Å². The number of nitrogens with one attached hydrogen (secondary N) is 2. The molecule has 2 aromatic heterocycles. The van der Waals surface area contributed by atoms with Crippen molar-refractivity contribution < 1.29 is 9.59 Å². The second-order valence-corrected chi connectivity index (χ2v) is 6.31. The zero-order valence-corrected chi connectivity index (χ0v) is 14.3. The maximum atomic E-state index is 12.2. The van der Waals surface area contributed by atoms with Crippen molar-refractivity contribution in [1.29, 1.82) is 5.26 Å². The average Bonchev–Trinajstić information content (AvgIpc) is 3.40. The summed E-state index contributed by atoms with van der Waals surface area (Å²) >= 11 is 0. The molecule has 4 rings (SSSR count). The molecule has 1 saturated carbocycles. The number of allylic oxidation sites excluding steroid dienone is 1. The third kappa shape index (κ3) is 3.09. The van der Waals surface area contributed by atoms with E-state index in [1.165, 1.54) is 6.33 Å². The van der Waals surface area contributed by atoms with Crippen molar-refractivity contribution in [3.05, 3.63) is 54.0 Å². The first-order valence-corrected chi connectivity index (χ1v) is 8.50. The number of aromatic nitrogens is 3. The van der Waals surface area contributed by atoms with E-state index in [1.54, 1.807) is 6.20 Å². The quantitative estimate of drug-likeness (QED) is 0.414. The van der Waals surface area contributed by atoms with Gasteiger partial charge in [-0.25, -0.2) is 9.97 Å². The molecule has 1 aliphatic carbocycles. The minimum atomic E-state index is -0.671. The van der Waals surface area contributed by atoms with Gasteiger partial charge >= 0.3 is 0 Å². The molecule has 7 heteroatoms. The first-order valence-electron chi connectivity index (χ1n) is 8.50. The van der Waals surface area contributed by atoms with Crippen LogP contribution < -0.4 is 5.32 Å². The van der Waals surface area contributed by atoms with E-state index in [9.17, 15) is 14.9 Å². The lowest BCUT2D eigenvalue weighted by molar-refractivity contribution is -0.122. The summed E-state index contributed by atoms with van der Waals surface area (Å²) in [5.74, 6) is -0.528. The fraction of sp³-hybridized carbons (Fsp3) is 0.150. The number of aromatic amines is 1. The molecule has 2 N–H and O–H groups in total. The topological polar surface area (TPSA) is 112 Å². The average molecular weight is 357 g/mol. The Labute approximate surface area is 154 Å². The molecule has 132 valence electrons. The smallest absolute Gasteiger partial charge is 0.268 e. The van der Waals surface area contributed by atoms with Gasteiger partial charge in [-0.3, -0.25) is 14.9 Å². The van der Waals surface area contributed by atoms with E-state index in [0.29, 0.717) is 12.0 Å². The molecule has 27 heavy (non-hydrogen) atoms. The first kappa shape index (κ1) is 16.7. The summed E-state index contributed by atoms with van der Waals surface area (Å²) in [5, 5.41) is 12.5. The zero-order valence-electron chi connectivity index (χ0n) is 14.3. The lowest BCUT2D eigenvalue weighted by atomic mass is 9.93. The number of hydrogen-bond acceptors (Lipinski definition) is 5. The Morgan fingerprint density at radius 3 is 2.89 bits per heavy atom. The number of imide groups is 1. The SMILES string of the molecule is N#C/C(C(=O)NC=O)=C(\c1cccc(-c2ncnc3[nH]ccc23)c1)C1CC1. The third-order valence-corrected chi connectivity index (χ3v) is 4.58. The van der Waals surface area contributed by atoms with Crippen LogP contribution in [0.1, 0.15) is 18.4 Å². The Morgan fingerprint density at radius 2 is 2.15 bits per heavy atom. The Kier molecular flexibility index (Phi) is 4.22. The summed E-state index contributed by atoms with van der Waals surface area (Å²) in [6.45, 7) is 0. The molecule has 3 aromatic rings. The fourth-order valence-electron chi connectivity index (χ4n) is 3.25. The molecule has 0 aliphatic heterocycles. The van der Waals surface area contributed by atoms with Gasteiger partial charge < -0.3 is 4.98 Å². The van der Waals surface area contributed by atoms with Gasteiger partial charge in [-0.2, -0.15) is 5.26 Å². The van der Waals surface area contributed by atoms with Crippen LogP contribution >= 0.6 is 0 Å². The second kappa shape index (κ2) is 6.84. The van der Waals surface area contributed by atoms with Gasteiger partial charge in [-0.05, 0) is 42.0 Å². The summed E-state index contributed by atoms with van der Waals surface area (Å²) in [6.07, 6.45) is 5.42. The number of nitriles is 1. The molecular weight excluding hydrogens is 342 g/mol. The molecule has 2 amide bonds. The van der Waals surface area contributed by atoms with Crippen molar-refractivity contribution >= 4 is 28.9 Å². The van der Waals surface area contributed by atoms with Gasteiger partial charge in [0.15, 0.2) is 0 Å². The number of benzene rings is 1. The minimum Gasteiger partial charge on any atom is -0.346 e. The highest BCUT2D eigenvalue weighted by Gasteiger charge is 2.32. The minimum absolute atomic E-state index is 0.0174. The van der Waals surface area contributed by atoms with Gasteiger partial charge in [-0.15, -0.1) is 0 Å². The van der Waals surface area contributed by atoms with Crippen LogP contribution in [0.15, 0.2) is 48.4 Å². The predicted octanol–water partition coefficient (Wildman–Crippen LogP) is 2.58. The maximum Gasteiger partial charge on any atom is 0.268 e. The van der Waals surface area contributed by atoms with Crippen LogP contribution in [0, 0.1) is 17.2 Å². The van der Waals surface area contributed by atoms with Crippen LogP contribution in [0.3, 0.4) is 0 Å². The predicted molar refractivity (Wildman–Crippen MR) is 98.8 cm³/mol. The number of nitrogens with zero attached hydrogens (tertiary/aromatic N) is 3. The highest BCUT2D eigenvalue weighted by atomic mass is 16.2. The Balaban J connectivity index is 1.86. The molecule has 1 aliphatic rings. The van der Waals surface area contributed by atoms with E-state index in [0.717, 1.165) is 40.7 Å². The molecule has 0 unspecified atom stereocenters. The van der Waals surface area contributed by atoms with E-state index in [-0.39, 0.29) is 11.5 Å². The Bertz CT molecular complexity index is 1120. The van der Waals surface area contributed by atoms with Gasteiger partial charge in [-0.1, -0.05) is 18.2 Å². The van der Waals surface area contributed by atoms with Crippen LogP contribution in [-0.2, 0) is 9.59 Å². The number of H-pyrrole nitrogens is 1. The van der Waals surface area contributed by atoms with Crippen LogP contribution in [0.2, 0.25) is 0 Å². The largest absolute Gasteiger partial charge is 0.346 e. The number of carbonyl (C=O) groups is 2. The summed E-state index contributed by atoms with van der Waals surface area (Å²) in [4.78, 5) is 34.5. The maximum absolute atomic E-state index is 12.2. The van der Waals surface area contributed by atoms with Crippen molar-refractivity contribution in [3.63, 3.8) is 0 Å². The molecule has 0 bridgehead atoms. The molecule has 1 aromatic carbocycles. The Morgan fingerprint density at radius 1 is 1.30 bits per heavy atom. The number of fused-ring (bicyclic) bond motifs is 1. The van der Waals surface area contributed by atoms with E-state index >= 15 is 0 Å². The lowest BCUT2D eigenvalue weighted by Gasteiger charge is -2.11. The van der Waals surface area contributed by atoms with Gasteiger partial charge in [0.2, 0.25) is 6.41 Å². The number of carbonyl (C=O) groups excluding carboxylic acids is 2. The molecule has 1 fully saturated rings. The molecule has 0 radical (unpaired) electrons.